The molecular formula is C25H30O13. The van der Waals surface area contributed by atoms with Gasteiger partial charge in [0.15, 0.2) is 17.8 Å². The van der Waals surface area contributed by atoms with Crippen molar-refractivity contribution in [2.45, 2.75) is 43.4 Å². The predicted octanol–water partition coefficient (Wildman–Crippen LogP) is -0.396. The summed E-state index contributed by atoms with van der Waals surface area (Å²) >= 11 is 0. The molecule has 0 bridgehead atoms. The van der Waals surface area contributed by atoms with Crippen molar-refractivity contribution in [1.29, 1.82) is 0 Å². The van der Waals surface area contributed by atoms with Gasteiger partial charge < -0.3 is 54.7 Å². The van der Waals surface area contributed by atoms with Crippen molar-refractivity contribution in [3.05, 3.63) is 54.3 Å². The molecule has 0 amide bonds. The van der Waals surface area contributed by atoms with Gasteiger partial charge in [0.05, 0.1) is 25.0 Å². The molecule has 8 unspecified atom stereocenters. The number of aromatic hydroxyl groups is 2. The molecule has 0 radical (unpaired) electrons. The number of carbonyl (C=O) groups excluding carboxylic acids is 1. The molecule has 1 aromatic rings. The van der Waals surface area contributed by atoms with Gasteiger partial charge in [-0.2, -0.15) is 0 Å². The zero-order valence-corrected chi connectivity index (χ0v) is 20.1. The Morgan fingerprint density at radius 1 is 1.05 bits per heavy atom. The molecule has 13 nitrogen and oxygen atoms in total. The van der Waals surface area contributed by atoms with Crippen LogP contribution >= 0.6 is 0 Å². The molecular weight excluding hydrogens is 508 g/mol. The van der Waals surface area contributed by atoms with Crippen LogP contribution in [0.3, 0.4) is 0 Å². The smallest absolute Gasteiger partial charge is 0.334 e. The van der Waals surface area contributed by atoms with Crippen molar-refractivity contribution >= 4 is 18.0 Å². The first-order valence-corrected chi connectivity index (χ1v) is 11.6. The molecule has 2 aliphatic rings. The average Bonchev–Trinajstić information content (AvgIpc) is 2.89. The largest absolute Gasteiger partial charge is 0.504 e. The normalized spacial score (nSPS) is 31.3. The second-order valence-corrected chi connectivity index (χ2v) is 8.67. The van der Waals surface area contributed by atoms with Crippen molar-refractivity contribution in [2.75, 3.05) is 13.2 Å². The van der Waals surface area contributed by atoms with Gasteiger partial charge in [0, 0.05) is 17.9 Å². The lowest BCUT2D eigenvalue weighted by Crippen LogP contribution is -2.60. The summed E-state index contributed by atoms with van der Waals surface area (Å²) in [5, 5.41) is 68.1. The van der Waals surface area contributed by atoms with Crippen molar-refractivity contribution in [1.82, 2.24) is 0 Å². The van der Waals surface area contributed by atoms with E-state index in [9.17, 15) is 45.3 Å². The number of esters is 1. The molecule has 1 fully saturated rings. The number of hydrogen-bond donors (Lipinski definition) is 7. The van der Waals surface area contributed by atoms with Crippen LogP contribution in [0.2, 0.25) is 0 Å². The molecule has 1 aromatic carbocycles. The van der Waals surface area contributed by atoms with Crippen LogP contribution < -0.4 is 0 Å². The van der Waals surface area contributed by atoms with Crippen LogP contribution in [-0.4, -0.2) is 97.9 Å². The minimum absolute atomic E-state index is 0.0201. The molecule has 38 heavy (non-hydrogen) atoms. The average molecular weight is 539 g/mol. The Morgan fingerprint density at radius 2 is 1.79 bits per heavy atom. The lowest BCUT2D eigenvalue weighted by molar-refractivity contribution is -0.339. The Labute approximate surface area is 217 Å². The zero-order valence-electron chi connectivity index (χ0n) is 20.1. The quantitative estimate of drug-likeness (QED) is 0.0876. The summed E-state index contributed by atoms with van der Waals surface area (Å²) in [5.41, 5.74) is 0.285. The number of aliphatic hydroxyl groups is 4. The highest BCUT2D eigenvalue weighted by Crippen LogP contribution is 2.36. The first-order chi connectivity index (χ1) is 18.1. The van der Waals surface area contributed by atoms with E-state index in [0.29, 0.717) is 5.56 Å². The van der Waals surface area contributed by atoms with E-state index in [0.717, 1.165) is 12.3 Å². The molecule has 1 saturated heterocycles. The van der Waals surface area contributed by atoms with Gasteiger partial charge in [0.25, 0.3) is 0 Å². The van der Waals surface area contributed by atoms with E-state index in [1.807, 2.05) is 0 Å². The fourth-order valence-corrected chi connectivity index (χ4v) is 4.13. The third-order valence-corrected chi connectivity index (χ3v) is 6.23. The molecule has 2 aliphatic heterocycles. The lowest BCUT2D eigenvalue weighted by atomic mass is 9.82. The van der Waals surface area contributed by atoms with E-state index in [-0.39, 0.29) is 30.1 Å². The number of benzene rings is 1. The van der Waals surface area contributed by atoms with Crippen LogP contribution in [0, 0.1) is 11.8 Å². The van der Waals surface area contributed by atoms with Gasteiger partial charge in [-0.05, 0) is 30.2 Å². The summed E-state index contributed by atoms with van der Waals surface area (Å²) in [5.74, 6) is -4.33. The van der Waals surface area contributed by atoms with Crippen LogP contribution in [0.25, 0.3) is 6.08 Å². The summed E-state index contributed by atoms with van der Waals surface area (Å²) < 4.78 is 21.6. The topological polar surface area (TPSA) is 213 Å². The summed E-state index contributed by atoms with van der Waals surface area (Å²) in [6, 6.07) is 3.97. The van der Waals surface area contributed by atoms with Crippen LogP contribution in [0.5, 0.6) is 11.5 Å². The van der Waals surface area contributed by atoms with Gasteiger partial charge in [-0.3, -0.25) is 0 Å². The Kier molecular flexibility index (Phi) is 9.85. The summed E-state index contributed by atoms with van der Waals surface area (Å²) in [6.07, 6.45) is -4.16. The van der Waals surface area contributed by atoms with E-state index in [4.69, 9.17) is 18.9 Å². The van der Waals surface area contributed by atoms with E-state index in [1.54, 1.807) is 0 Å². The van der Waals surface area contributed by atoms with Crippen molar-refractivity contribution in [2.24, 2.45) is 11.8 Å². The summed E-state index contributed by atoms with van der Waals surface area (Å²) in [6.45, 7) is 2.83. The van der Waals surface area contributed by atoms with E-state index < -0.39 is 67.4 Å². The van der Waals surface area contributed by atoms with Crippen LogP contribution in [-0.2, 0) is 28.5 Å². The molecule has 208 valence electrons. The number of hydrogen-bond acceptors (Lipinski definition) is 12. The lowest BCUT2D eigenvalue weighted by Gasteiger charge is -2.43. The molecule has 8 atom stereocenters. The number of carboxylic acid groups (broad SMARTS) is 1. The van der Waals surface area contributed by atoms with Crippen LogP contribution in [0.4, 0.5) is 0 Å². The molecule has 0 aromatic heterocycles. The Morgan fingerprint density at radius 3 is 2.42 bits per heavy atom. The standard InChI is InChI=1S/C25H30O13/c1-2-13-14(7-8-35-19(29)6-4-12-3-5-16(27)17(28)9-12)15(23(33)34)11-36-24(13)38-25-22(32)21(31)20(30)18(10-26)37-25/h2-6,9,11,13-14,18,20-22,24-28,30-32H,1,7-8,10H2,(H,33,34). The van der Waals surface area contributed by atoms with Gasteiger partial charge in [0.2, 0.25) is 6.29 Å². The third-order valence-electron chi connectivity index (χ3n) is 6.23. The highest BCUT2D eigenvalue weighted by Gasteiger charge is 2.47. The van der Waals surface area contributed by atoms with Gasteiger partial charge in [0.1, 0.15) is 24.4 Å². The monoisotopic (exact) mass is 538 g/mol. The number of aliphatic hydroxyl groups excluding tert-OH is 4. The number of carbonyl (C=O) groups is 2. The van der Waals surface area contributed by atoms with Gasteiger partial charge >= 0.3 is 11.9 Å². The van der Waals surface area contributed by atoms with Gasteiger partial charge in [-0.15, -0.1) is 6.58 Å². The van der Waals surface area contributed by atoms with E-state index >= 15 is 0 Å². The minimum Gasteiger partial charge on any atom is -0.504 e. The Balaban J connectivity index is 1.65. The summed E-state index contributed by atoms with van der Waals surface area (Å²) in [4.78, 5) is 23.9. The molecule has 3 rings (SSSR count). The first-order valence-electron chi connectivity index (χ1n) is 11.6. The predicted molar refractivity (Wildman–Crippen MR) is 127 cm³/mol. The van der Waals surface area contributed by atoms with Crippen LogP contribution in [0.1, 0.15) is 12.0 Å². The van der Waals surface area contributed by atoms with Crippen LogP contribution in [0.15, 0.2) is 48.8 Å². The number of carboxylic acids is 1. The maximum Gasteiger partial charge on any atom is 0.334 e. The first kappa shape index (κ1) is 29.1. The number of ether oxygens (including phenoxy) is 4. The molecule has 7 N–H and O–H groups in total. The van der Waals surface area contributed by atoms with Crippen molar-refractivity contribution < 1.29 is 64.3 Å². The van der Waals surface area contributed by atoms with Gasteiger partial charge in [-0.25, -0.2) is 9.59 Å². The molecule has 13 heteroatoms. The maximum absolute atomic E-state index is 12.1. The van der Waals surface area contributed by atoms with E-state index in [1.165, 1.54) is 30.4 Å². The maximum atomic E-state index is 12.1. The number of phenols is 2. The highest BCUT2D eigenvalue weighted by molar-refractivity contribution is 5.88. The fraction of sp³-hybridized carbons (Fsp3) is 0.440. The van der Waals surface area contributed by atoms with E-state index in [2.05, 4.69) is 6.58 Å². The molecule has 2 heterocycles. The molecule has 0 saturated carbocycles. The highest BCUT2D eigenvalue weighted by atomic mass is 16.8. The molecule has 0 spiro atoms. The minimum atomic E-state index is -1.70. The van der Waals surface area contributed by atoms with Gasteiger partial charge in [-0.1, -0.05) is 12.1 Å². The summed E-state index contributed by atoms with van der Waals surface area (Å²) in [7, 11) is 0. The second kappa shape index (κ2) is 12.9. The number of rotatable bonds is 10. The van der Waals surface area contributed by atoms with Crippen molar-refractivity contribution in [3.8, 4) is 11.5 Å². The number of aliphatic carboxylic acids is 1. The fourth-order valence-electron chi connectivity index (χ4n) is 4.13. The zero-order chi connectivity index (χ0) is 28.0. The SMILES string of the molecule is C=CC1C(OC2OC(CO)C(O)C(O)C2O)OC=C(C(=O)O)C1CCOC(=O)C=Cc1ccc(O)c(O)c1. The Hall–Kier alpha value is -3.46. The Bertz CT molecular complexity index is 1070. The van der Waals surface area contributed by atoms with Crippen molar-refractivity contribution in [3.63, 3.8) is 0 Å². The second-order valence-electron chi connectivity index (χ2n) is 8.67. The molecule has 0 aliphatic carbocycles. The number of phenolic OH excluding ortho intramolecular Hbond substituents is 2. The third kappa shape index (κ3) is 6.69.